The highest BCUT2D eigenvalue weighted by atomic mass is 16.5. The zero-order valence-corrected chi connectivity index (χ0v) is 20.0. The first-order chi connectivity index (χ1) is 16.7. The van der Waals surface area contributed by atoms with Crippen molar-refractivity contribution in [3.8, 4) is 11.1 Å². The molecule has 178 valence electrons. The molecule has 0 amide bonds. The van der Waals surface area contributed by atoms with Crippen molar-refractivity contribution in [1.82, 2.24) is 0 Å². The quantitative estimate of drug-likeness (QED) is 0.266. The maximum atomic E-state index is 9.52. The Morgan fingerprint density at radius 1 is 0.676 bits per heavy atom. The molecule has 4 nitrogen and oxygen atoms in total. The van der Waals surface area contributed by atoms with E-state index in [1.165, 1.54) is 16.2 Å². The van der Waals surface area contributed by atoms with E-state index in [0.29, 0.717) is 0 Å². The van der Waals surface area contributed by atoms with Gasteiger partial charge in [-0.1, -0.05) is 80.6 Å². The summed E-state index contributed by atoms with van der Waals surface area (Å²) in [6.45, 7) is 4.73. The number of rotatable bonds is 11. The molecule has 0 bridgehead atoms. The van der Waals surface area contributed by atoms with E-state index >= 15 is 0 Å². The number of ether oxygens (including phenoxy) is 2. The zero-order chi connectivity index (χ0) is 23.9. The lowest BCUT2D eigenvalue weighted by Crippen LogP contribution is -2.16. The topological polar surface area (TPSA) is 58.9 Å². The van der Waals surface area contributed by atoms with Gasteiger partial charge in [0.15, 0.2) is 0 Å². The summed E-state index contributed by atoms with van der Waals surface area (Å²) < 4.78 is 12.4. The van der Waals surface area contributed by atoms with E-state index in [9.17, 15) is 10.2 Å². The van der Waals surface area contributed by atoms with Crippen LogP contribution in [-0.2, 0) is 9.47 Å². The summed E-state index contributed by atoms with van der Waals surface area (Å²) in [5.41, 5.74) is 4.51. The Morgan fingerprint density at radius 2 is 1.26 bits per heavy atom. The van der Waals surface area contributed by atoms with Crippen molar-refractivity contribution in [2.24, 2.45) is 0 Å². The van der Waals surface area contributed by atoms with Gasteiger partial charge < -0.3 is 19.7 Å². The zero-order valence-electron chi connectivity index (χ0n) is 20.0. The van der Waals surface area contributed by atoms with Crippen LogP contribution >= 0.6 is 0 Å². The van der Waals surface area contributed by atoms with Crippen LogP contribution in [-0.4, -0.2) is 36.6 Å². The van der Waals surface area contributed by atoms with Crippen molar-refractivity contribution >= 4 is 21.5 Å². The third-order valence-electron chi connectivity index (χ3n) is 6.41. The van der Waals surface area contributed by atoms with Crippen LogP contribution in [0.25, 0.3) is 32.7 Å². The SMILES string of the molecule is CCC(OCCO)c1cc2ccccc2c(-c2cccc3ccccc23)c1C(CC)OCCO. The van der Waals surface area contributed by atoms with E-state index in [1.807, 2.05) is 0 Å². The Kier molecular flexibility index (Phi) is 8.30. The molecule has 2 N–H and O–H groups in total. The van der Waals surface area contributed by atoms with E-state index < -0.39 is 0 Å². The molecule has 4 heteroatoms. The molecule has 0 spiro atoms. The lowest BCUT2D eigenvalue weighted by Gasteiger charge is -2.29. The van der Waals surface area contributed by atoms with Crippen LogP contribution in [0.1, 0.15) is 50.0 Å². The van der Waals surface area contributed by atoms with Gasteiger partial charge in [0.25, 0.3) is 0 Å². The summed E-state index contributed by atoms with van der Waals surface area (Å²) in [7, 11) is 0. The average Bonchev–Trinajstić information content (AvgIpc) is 2.89. The van der Waals surface area contributed by atoms with Gasteiger partial charge in [-0.05, 0) is 62.7 Å². The maximum absolute atomic E-state index is 9.52. The second-order valence-electron chi connectivity index (χ2n) is 8.48. The molecule has 0 saturated carbocycles. The fraction of sp³-hybridized carbons (Fsp3) is 0.333. The summed E-state index contributed by atoms with van der Waals surface area (Å²) >= 11 is 0. The van der Waals surface area contributed by atoms with Gasteiger partial charge in [0.05, 0.1) is 38.6 Å². The first kappa shape index (κ1) is 24.4. The van der Waals surface area contributed by atoms with Gasteiger partial charge in [-0.25, -0.2) is 0 Å². The van der Waals surface area contributed by atoms with Crippen LogP contribution in [0.4, 0.5) is 0 Å². The molecule has 0 aromatic heterocycles. The van der Waals surface area contributed by atoms with Crippen molar-refractivity contribution in [2.45, 2.75) is 38.9 Å². The summed E-state index contributed by atoms with van der Waals surface area (Å²) in [5.74, 6) is 0. The minimum absolute atomic E-state index is 0.0200. The number of aliphatic hydroxyl groups is 2. The molecular weight excluding hydrogens is 424 g/mol. The first-order valence-electron chi connectivity index (χ1n) is 12.2. The van der Waals surface area contributed by atoms with Crippen LogP contribution < -0.4 is 0 Å². The van der Waals surface area contributed by atoms with Crippen molar-refractivity contribution in [1.29, 1.82) is 0 Å². The number of benzene rings is 4. The highest BCUT2D eigenvalue weighted by Gasteiger charge is 2.27. The first-order valence-corrected chi connectivity index (χ1v) is 12.2. The third kappa shape index (κ3) is 4.86. The van der Waals surface area contributed by atoms with Gasteiger partial charge in [-0.2, -0.15) is 0 Å². The minimum Gasteiger partial charge on any atom is -0.394 e. The molecule has 0 fully saturated rings. The van der Waals surface area contributed by atoms with E-state index in [1.54, 1.807) is 0 Å². The molecule has 0 radical (unpaired) electrons. The van der Waals surface area contributed by atoms with Gasteiger partial charge in [0.1, 0.15) is 0 Å². The van der Waals surface area contributed by atoms with Crippen LogP contribution in [0, 0.1) is 0 Å². The molecule has 0 heterocycles. The second kappa shape index (κ2) is 11.6. The van der Waals surface area contributed by atoms with Gasteiger partial charge in [0.2, 0.25) is 0 Å². The lowest BCUT2D eigenvalue weighted by atomic mass is 9.83. The molecule has 4 aromatic rings. The molecule has 2 unspecified atom stereocenters. The van der Waals surface area contributed by atoms with Gasteiger partial charge in [-0.15, -0.1) is 0 Å². The Hall–Kier alpha value is -2.76. The minimum atomic E-state index is -0.201. The van der Waals surface area contributed by atoms with E-state index in [4.69, 9.17) is 9.47 Å². The van der Waals surface area contributed by atoms with Gasteiger partial charge in [0, 0.05) is 0 Å². The fourth-order valence-electron chi connectivity index (χ4n) is 4.95. The largest absolute Gasteiger partial charge is 0.394 e. The monoisotopic (exact) mass is 458 g/mol. The standard InChI is InChI=1S/C30H34O4/c1-3-27(33-18-16-31)26-20-22-11-6-8-14-24(22)29(30(26)28(4-2)34-19-17-32)25-15-9-12-21-10-5-7-13-23(21)25/h5-15,20,27-28,31-32H,3-4,16-19H2,1-2H3. The molecule has 4 aromatic carbocycles. The molecule has 0 aliphatic heterocycles. The normalized spacial score (nSPS) is 13.4. The van der Waals surface area contributed by atoms with Crippen LogP contribution in [0.5, 0.6) is 0 Å². The predicted molar refractivity (Wildman–Crippen MR) is 139 cm³/mol. The smallest absolute Gasteiger partial charge is 0.0833 e. The number of aliphatic hydroxyl groups excluding tert-OH is 2. The number of hydrogen-bond acceptors (Lipinski definition) is 4. The van der Waals surface area contributed by atoms with Crippen LogP contribution in [0.15, 0.2) is 72.8 Å². The molecule has 4 rings (SSSR count). The van der Waals surface area contributed by atoms with Crippen molar-refractivity contribution < 1.29 is 19.7 Å². The Balaban J connectivity index is 2.10. The van der Waals surface area contributed by atoms with Crippen LogP contribution in [0.2, 0.25) is 0 Å². The van der Waals surface area contributed by atoms with E-state index in [2.05, 4.69) is 86.6 Å². The average molecular weight is 459 g/mol. The summed E-state index contributed by atoms with van der Waals surface area (Å²) in [5, 5.41) is 23.7. The maximum Gasteiger partial charge on any atom is 0.0833 e. The van der Waals surface area contributed by atoms with Crippen molar-refractivity contribution in [3.63, 3.8) is 0 Å². The Morgan fingerprint density at radius 3 is 1.94 bits per heavy atom. The highest BCUT2D eigenvalue weighted by Crippen LogP contribution is 2.45. The second-order valence-corrected chi connectivity index (χ2v) is 8.48. The summed E-state index contributed by atoms with van der Waals surface area (Å²) in [6.07, 6.45) is 1.16. The molecule has 34 heavy (non-hydrogen) atoms. The Bertz CT molecular complexity index is 1230. The van der Waals surface area contributed by atoms with Gasteiger partial charge >= 0.3 is 0 Å². The fourth-order valence-corrected chi connectivity index (χ4v) is 4.95. The molecule has 2 atom stereocenters. The number of hydrogen-bond donors (Lipinski definition) is 2. The Labute approximate surface area is 201 Å². The molecular formula is C30H34O4. The predicted octanol–water partition coefficient (Wildman–Crippen LogP) is 6.58. The molecule has 0 aliphatic carbocycles. The van der Waals surface area contributed by atoms with Crippen molar-refractivity contribution in [3.05, 3.63) is 83.9 Å². The summed E-state index contributed by atoms with van der Waals surface area (Å²) in [4.78, 5) is 0. The van der Waals surface area contributed by atoms with Gasteiger partial charge in [-0.3, -0.25) is 0 Å². The third-order valence-corrected chi connectivity index (χ3v) is 6.41. The highest BCUT2D eigenvalue weighted by molar-refractivity contribution is 6.07. The van der Waals surface area contributed by atoms with E-state index in [0.717, 1.165) is 40.5 Å². The number of fused-ring (bicyclic) bond motifs is 2. The van der Waals surface area contributed by atoms with E-state index in [-0.39, 0.29) is 38.6 Å². The summed E-state index contributed by atoms with van der Waals surface area (Å²) in [6, 6.07) is 25.6. The lowest BCUT2D eigenvalue weighted by molar-refractivity contribution is 0.0124. The molecule has 0 saturated heterocycles. The van der Waals surface area contributed by atoms with Crippen LogP contribution in [0.3, 0.4) is 0 Å². The molecule has 0 aliphatic rings. The van der Waals surface area contributed by atoms with Crippen molar-refractivity contribution in [2.75, 3.05) is 26.4 Å².